The highest BCUT2D eigenvalue weighted by Crippen LogP contribution is 2.28. The minimum absolute atomic E-state index is 0.325. The number of nitrogens with one attached hydrogen (secondary N) is 1. The Morgan fingerprint density at radius 3 is 2.58 bits per heavy atom. The first-order valence-corrected chi connectivity index (χ1v) is 7.67. The average molecular weight is 329 g/mol. The van der Waals surface area contributed by atoms with E-state index in [4.69, 9.17) is 0 Å². The molecule has 3 nitrogen and oxygen atoms in total. The molecular weight excluding hydrogens is 304 g/mol. The largest absolute Gasteiger partial charge is 0.392 e. The smallest absolute Gasteiger partial charge is 0.0686 e. The zero-order valence-electron chi connectivity index (χ0n) is 12.3. The quantitative estimate of drug-likeness (QED) is 0.805. The number of likely N-dealkylation sites (N-methyl/N-ethyl adjacent to an activating group) is 1. The molecule has 0 amide bonds. The maximum atomic E-state index is 9.43. The SMILES string of the molecule is CCCNC(C)c1ccc(N(C)CC(C)O)cc1Br. The molecule has 0 aromatic heterocycles. The van der Waals surface area contributed by atoms with Gasteiger partial charge in [-0.1, -0.05) is 28.9 Å². The third kappa shape index (κ3) is 5.13. The minimum atomic E-state index is -0.325. The van der Waals surface area contributed by atoms with E-state index in [1.807, 2.05) is 7.05 Å². The molecule has 0 heterocycles. The van der Waals surface area contributed by atoms with E-state index in [1.54, 1.807) is 6.92 Å². The Balaban J connectivity index is 2.79. The summed E-state index contributed by atoms with van der Waals surface area (Å²) >= 11 is 3.65. The van der Waals surface area contributed by atoms with Crippen LogP contribution in [0.5, 0.6) is 0 Å². The molecule has 1 rings (SSSR count). The van der Waals surface area contributed by atoms with Crippen LogP contribution in [0.1, 0.15) is 38.8 Å². The van der Waals surface area contributed by atoms with Crippen molar-refractivity contribution in [2.24, 2.45) is 0 Å². The zero-order chi connectivity index (χ0) is 14.4. The Kier molecular flexibility index (Phi) is 6.83. The summed E-state index contributed by atoms with van der Waals surface area (Å²) in [5, 5.41) is 12.9. The molecule has 0 saturated heterocycles. The van der Waals surface area contributed by atoms with Gasteiger partial charge in [0.25, 0.3) is 0 Å². The van der Waals surface area contributed by atoms with E-state index in [1.165, 1.54) is 5.56 Å². The molecule has 2 N–H and O–H groups in total. The topological polar surface area (TPSA) is 35.5 Å². The second-order valence-corrected chi connectivity index (χ2v) is 5.97. The van der Waals surface area contributed by atoms with Gasteiger partial charge in [0.15, 0.2) is 0 Å². The molecule has 0 aliphatic carbocycles. The maximum absolute atomic E-state index is 9.43. The summed E-state index contributed by atoms with van der Waals surface area (Å²) in [5.74, 6) is 0. The lowest BCUT2D eigenvalue weighted by Crippen LogP contribution is -2.27. The van der Waals surface area contributed by atoms with Crippen LogP contribution >= 0.6 is 15.9 Å². The molecular formula is C15H25BrN2O. The molecule has 19 heavy (non-hydrogen) atoms. The van der Waals surface area contributed by atoms with Gasteiger partial charge in [0.2, 0.25) is 0 Å². The highest BCUT2D eigenvalue weighted by molar-refractivity contribution is 9.10. The second kappa shape index (κ2) is 7.88. The van der Waals surface area contributed by atoms with Crippen LogP contribution < -0.4 is 10.2 Å². The Morgan fingerprint density at radius 2 is 2.05 bits per heavy atom. The first-order chi connectivity index (χ1) is 8.95. The predicted molar refractivity (Wildman–Crippen MR) is 85.8 cm³/mol. The van der Waals surface area contributed by atoms with E-state index in [0.717, 1.165) is 23.1 Å². The van der Waals surface area contributed by atoms with Crippen molar-refractivity contribution in [3.05, 3.63) is 28.2 Å². The predicted octanol–water partition coefficient (Wildman–Crippen LogP) is 3.33. The molecule has 0 aliphatic rings. The number of aliphatic hydroxyl groups excluding tert-OH is 1. The lowest BCUT2D eigenvalue weighted by atomic mass is 10.1. The van der Waals surface area contributed by atoms with Gasteiger partial charge in [0.1, 0.15) is 0 Å². The highest BCUT2D eigenvalue weighted by atomic mass is 79.9. The summed E-state index contributed by atoms with van der Waals surface area (Å²) in [6, 6.07) is 6.70. The number of halogens is 1. The Morgan fingerprint density at radius 1 is 1.37 bits per heavy atom. The van der Waals surface area contributed by atoms with Crippen LogP contribution in [0, 0.1) is 0 Å². The molecule has 4 heteroatoms. The fourth-order valence-electron chi connectivity index (χ4n) is 2.08. The Hall–Kier alpha value is -0.580. The summed E-state index contributed by atoms with van der Waals surface area (Å²) in [5.41, 5.74) is 2.38. The van der Waals surface area contributed by atoms with Gasteiger partial charge in [-0.25, -0.2) is 0 Å². The van der Waals surface area contributed by atoms with Crippen LogP contribution in [0.4, 0.5) is 5.69 Å². The number of nitrogens with zero attached hydrogens (tertiary/aromatic N) is 1. The highest BCUT2D eigenvalue weighted by Gasteiger charge is 2.11. The van der Waals surface area contributed by atoms with Gasteiger partial charge in [-0.15, -0.1) is 0 Å². The third-order valence-electron chi connectivity index (χ3n) is 3.13. The van der Waals surface area contributed by atoms with Crippen LogP contribution in [-0.2, 0) is 0 Å². The standard InChI is InChI=1S/C15H25BrN2O/c1-5-8-17-12(3)14-7-6-13(9-15(14)16)18(4)10-11(2)19/h6-7,9,11-12,17,19H,5,8,10H2,1-4H3. The van der Waals surface area contributed by atoms with Gasteiger partial charge in [0.05, 0.1) is 6.10 Å². The van der Waals surface area contributed by atoms with Gasteiger partial charge >= 0.3 is 0 Å². The van der Waals surface area contributed by atoms with Crippen LogP contribution in [0.3, 0.4) is 0 Å². The molecule has 108 valence electrons. The minimum Gasteiger partial charge on any atom is -0.392 e. The van der Waals surface area contributed by atoms with Crippen molar-refractivity contribution in [3.8, 4) is 0 Å². The number of hydrogen-bond acceptors (Lipinski definition) is 3. The summed E-state index contributed by atoms with van der Waals surface area (Å²) in [4.78, 5) is 2.06. The van der Waals surface area contributed by atoms with Crippen molar-refractivity contribution in [1.29, 1.82) is 0 Å². The number of anilines is 1. The molecule has 2 unspecified atom stereocenters. The van der Waals surface area contributed by atoms with Gasteiger partial charge < -0.3 is 15.3 Å². The van der Waals surface area contributed by atoms with Gasteiger partial charge in [-0.05, 0) is 44.5 Å². The first-order valence-electron chi connectivity index (χ1n) is 6.87. The summed E-state index contributed by atoms with van der Waals surface area (Å²) in [6.45, 7) is 7.81. The molecule has 0 radical (unpaired) electrons. The Bertz CT molecular complexity index is 396. The molecule has 0 aliphatic heterocycles. The molecule has 1 aromatic carbocycles. The second-order valence-electron chi connectivity index (χ2n) is 5.11. The fourth-order valence-corrected chi connectivity index (χ4v) is 2.79. The van der Waals surface area contributed by atoms with E-state index in [-0.39, 0.29) is 6.10 Å². The van der Waals surface area contributed by atoms with Crippen molar-refractivity contribution in [2.45, 2.75) is 39.3 Å². The maximum Gasteiger partial charge on any atom is 0.0686 e. The fraction of sp³-hybridized carbons (Fsp3) is 0.600. The van der Waals surface area contributed by atoms with E-state index >= 15 is 0 Å². The Labute approximate surface area is 125 Å². The number of benzene rings is 1. The lowest BCUT2D eigenvalue weighted by Gasteiger charge is -2.23. The monoisotopic (exact) mass is 328 g/mol. The first kappa shape index (κ1) is 16.5. The summed E-state index contributed by atoms with van der Waals surface area (Å²) < 4.78 is 1.11. The van der Waals surface area contributed by atoms with Crippen LogP contribution in [-0.4, -0.2) is 31.3 Å². The van der Waals surface area contributed by atoms with Crippen LogP contribution in [0.25, 0.3) is 0 Å². The average Bonchev–Trinajstić information content (AvgIpc) is 2.34. The van der Waals surface area contributed by atoms with E-state index in [9.17, 15) is 5.11 Å². The number of hydrogen-bond donors (Lipinski definition) is 2. The van der Waals surface area contributed by atoms with Crippen molar-refractivity contribution in [2.75, 3.05) is 25.0 Å². The van der Waals surface area contributed by atoms with Crippen molar-refractivity contribution in [3.63, 3.8) is 0 Å². The molecule has 2 atom stereocenters. The zero-order valence-corrected chi connectivity index (χ0v) is 13.9. The lowest BCUT2D eigenvalue weighted by molar-refractivity contribution is 0.201. The summed E-state index contributed by atoms with van der Waals surface area (Å²) in [6.07, 6.45) is 0.811. The molecule has 0 spiro atoms. The number of rotatable bonds is 7. The van der Waals surface area contributed by atoms with E-state index < -0.39 is 0 Å². The molecule has 0 fully saturated rings. The van der Waals surface area contributed by atoms with Crippen molar-refractivity contribution >= 4 is 21.6 Å². The molecule has 1 aromatic rings. The van der Waals surface area contributed by atoms with E-state index in [0.29, 0.717) is 12.6 Å². The normalized spacial score (nSPS) is 14.2. The van der Waals surface area contributed by atoms with Crippen LogP contribution in [0.15, 0.2) is 22.7 Å². The van der Waals surface area contributed by atoms with Gasteiger partial charge in [-0.2, -0.15) is 0 Å². The van der Waals surface area contributed by atoms with Crippen molar-refractivity contribution in [1.82, 2.24) is 5.32 Å². The summed E-state index contributed by atoms with van der Waals surface area (Å²) in [7, 11) is 1.99. The van der Waals surface area contributed by atoms with Crippen LogP contribution in [0.2, 0.25) is 0 Å². The third-order valence-corrected chi connectivity index (χ3v) is 3.82. The van der Waals surface area contributed by atoms with Gasteiger partial charge in [0, 0.05) is 29.8 Å². The number of aliphatic hydroxyl groups is 1. The molecule has 0 saturated carbocycles. The van der Waals surface area contributed by atoms with Gasteiger partial charge in [-0.3, -0.25) is 0 Å². The van der Waals surface area contributed by atoms with E-state index in [2.05, 4.69) is 58.2 Å². The van der Waals surface area contributed by atoms with Crippen molar-refractivity contribution < 1.29 is 5.11 Å². The molecule has 0 bridgehead atoms.